The molecule has 3 heteroatoms. The van der Waals surface area contributed by atoms with E-state index >= 15 is 0 Å². The standard InChI is InChI=1S/C13H13NO2/c1-10-2-5-12(6-3-10)16-13-7-4-11(9-15)8-14-13/h2-8,15H,9H2,1H3. The molecule has 0 saturated carbocycles. The van der Waals surface area contributed by atoms with Crippen LogP contribution in [0, 0.1) is 6.92 Å². The summed E-state index contributed by atoms with van der Waals surface area (Å²) in [4.78, 5) is 4.09. The van der Waals surface area contributed by atoms with Gasteiger partial charge in [-0.2, -0.15) is 0 Å². The van der Waals surface area contributed by atoms with Crippen molar-refractivity contribution in [2.75, 3.05) is 0 Å². The van der Waals surface area contributed by atoms with Gasteiger partial charge in [0.15, 0.2) is 0 Å². The largest absolute Gasteiger partial charge is 0.439 e. The van der Waals surface area contributed by atoms with Crippen LogP contribution >= 0.6 is 0 Å². The molecule has 0 aliphatic heterocycles. The van der Waals surface area contributed by atoms with E-state index < -0.39 is 0 Å². The van der Waals surface area contributed by atoms with Crippen LogP contribution in [0.3, 0.4) is 0 Å². The van der Waals surface area contributed by atoms with E-state index in [-0.39, 0.29) is 6.61 Å². The number of benzene rings is 1. The second-order valence-corrected chi connectivity index (χ2v) is 3.58. The zero-order valence-electron chi connectivity index (χ0n) is 9.05. The molecule has 0 fully saturated rings. The van der Waals surface area contributed by atoms with Gasteiger partial charge in [0, 0.05) is 12.3 Å². The van der Waals surface area contributed by atoms with E-state index in [0.717, 1.165) is 11.3 Å². The van der Waals surface area contributed by atoms with E-state index in [1.165, 1.54) is 5.56 Å². The first-order valence-electron chi connectivity index (χ1n) is 5.08. The second kappa shape index (κ2) is 4.77. The first-order valence-corrected chi connectivity index (χ1v) is 5.08. The molecule has 1 N–H and O–H groups in total. The first-order chi connectivity index (χ1) is 7.78. The number of aliphatic hydroxyl groups excluding tert-OH is 1. The summed E-state index contributed by atoms with van der Waals surface area (Å²) in [6.45, 7) is 2.02. The van der Waals surface area contributed by atoms with E-state index in [2.05, 4.69) is 4.98 Å². The smallest absolute Gasteiger partial charge is 0.219 e. The Bertz CT molecular complexity index is 448. The van der Waals surface area contributed by atoms with Crippen molar-refractivity contribution in [3.63, 3.8) is 0 Å². The van der Waals surface area contributed by atoms with Crippen LogP contribution in [0.15, 0.2) is 42.6 Å². The number of pyridine rings is 1. The van der Waals surface area contributed by atoms with Crippen molar-refractivity contribution in [2.45, 2.75) is 13.5 Å². The molecular formula is C13H13NO2. The van der Waals surface area contributed by atoms with E-state index in [1.54, 1.807) is 18.3 Å². The van der Waals surface area contributed by atoms with Gasteiger partial charge in [0.2, 0.25) is 5.88 Å². The van der Waals surface area contributed by atoms with Crippen molar-refractivity contribution in [1.82, 2.24) is 4.98 Å². The van der Waals surface area contributed by atoms with Crippen LogP contribution in [0.2, 0.25) is 0 Å². The van der Waals surface area contributed by atoms with Crippen molar-refractivity contribution in [3.8, 4) is 11.6 Å². The average molecular weight is 215 g/mol. The molecule has 0 atom stereocenters. The van der Waals surface area contributed by atoms with Gasteiger partial charge >= 0.3 is 0 Å². The van der Waals surface area contributed by atoms with E-state index in [0.29, 0.717) is 5.88 Å². The number of aliphatic hydroxyl groups is 1. The summed E-state index contributed by atoms with van der Waals surface area (Å²) in [5.41, 5.74) is 1.96. The molecule has 82 valence electrons. The van der Waals surface area contributed by atoms with E-state index in [4.69, 9.17) is 9.84 Å². The van der Waals surface area contributed by atoms with Crippen LogP contribution in [-0.2, 0) is 6.61 Å². The molecular weight excluding hydrogens is 202 g/mol. The SMILES string of the molecule is Cc1ccc(Oc2ccc(CO)cn2)cc1. The monoisotopic (exact) mass is 215 g/mol. The van der Waals surface area contributed by atoms with Gasteiger partial charge in [-0.25, -0.2) is 4.98 Å². The second-order valence-electron chi connectivity index (χ2n) is 3.58. The number of rotatable bonds is 3. The predicted molar refractivity (Wildman–Crippen MR) is 61.4 cm³/mol. The minimum Gasteiger partial charge on any atom is -0.439 e. The number of nitrogens with zero attached hydrogens (tertiary/aromatic N) is 1. The van der Waals surface area contributed by atoms with E-state index in [1.807, 2.05) is 31.2 Å². The number of hydrogen-bond acceptors (Lipinski definition) is 3. The fraction of sp³-hybridized carbons (Fsp3) is 0.154. The van der Waals surface area contributed by atoms with Crippen molar-refractivity contribution >= 4 is 0 Å². The fourth-order valence-electron chi connectivity index (χ4n) is 1.29. The molecule has 2 rings (SSSR count). The lowest BCUT2D eigenvalue weighted by atomic mass is 10.2. The molecule has 1 aromatic heterocycles. The molecule has 0 spiro atoms. The Balaban J connectivity index is 2.11. The maximum atomic E-state index is 8.87. The molecule has 1 aromatic carbocycles. The zero-order chi connectivity index (χ0) is 11.4. The molecule has 0 aliphatic rings. The first kappa shape index (κ1) is 10.6. The van der Waals surface area contributed by atoms with Crippen molar-refractivity contribution < 1.29 is 9.84 Å². The summed E-state index contributed by atoms with van der Waals surface area (Å²) < 4.78 is 5.54. The topological polar surface area (TPSA) is 42.4 Å². The summed E-state index contributed by atoms with van der Waals surface area (Å²) in [5.74, 6) is 1.29. The summed E-state index contributed by atoms with van der Waals surface area (Å²) >= 11 is 0. The Morgan fingerprint density at radius 2 is 1.88 bits per heavy atom. The highest BCUT2D eigenvalue weighted by Gasteiger charge is 1.98. The molecule has 0 unspecified atom stereocenters. The maximum absolute atomic E-state index is 8.87. The third kappa shape index (κ3) is 2.58. The van der Waals surface area contributed by atoms with Crippen LogP contribution in [0.4, 0.5) is 0 Å². The Kier molecular flexibility index (Phi) is 3.17. The molecule has 1 heterocycles. The highest BCUT2D eigenvalue weighted by Crippen LogP contribution is 2.19. The number of hydrogen-bond donors (Lipinski definition) is 1. The molecule has 0 amide bonds. The minimum absolute atomic E-state index is 0.00217. The van der Waals surface area contributed by atoms with Gasteiger partial charge in [-0.1, -0.05) is 17.7 Å². The van der Waals surface area contributed by atoms with Crippen LogP contribution < -0.4 is 4.74 Å². The third-order valence-corrected chi connectivity index (χ3v) is 2.22. The lowest BCUT2D eigenvalue weighted by molar-refractivity contribution is 0.281. The number of aryl methyl sites for hydroxylation is 1. The van der Waals surface area contributed by atoms with Crippen molar-refractivity contribution in [3.05, 3.63) is 53.7 Å². The Morgan fingerprint density at radius 1 is 1.12 bits per heavy atom. The molecule has 0 radical (unpaired) electrons. The quantitative estimate of drug-likeness (QED) is 0.855. The van der Waals surface area contributed by atoms with Gasteiger partial charge < -0.3 is 9.84 Å². The lowest BCUT2D eigenvalue weighted by Gasteiger charge is -2.05. The van der Waals surface area contributed by atoms with Gasteiger partial charge in [-0.15, -0.1) is 0 Å². The van der Waals surface area contributed by atoms with Gasteiger partial charge in [-0.05, 0) is 30.7 Å². The predicted octanol–water partition coefficient (Wildman–Crippen LogP) is 2.67. The van der Waals surface area contributed by atoms with Crippen LogP contribution in [0.1, 0.15) is 11.1 Å². The zero-order valence-corrected chi connectivity index (χ0v) is 9.05. The summed E-state index contributed by atoms with van der Waals surface area (Å²) in [6.07, 6.45) is 1.60. The highest BCUT2D eigenvalue weighted by molar-refractivity contribution is 5.30. The van der Waals surface area contributed by atoms with Crippen LogP contribution in [0.25, 0.3) is 0 Å². The van der Waals surface area contributed by atoms with Gasteiger partial charge in [0.1, 0.15) is 5.75 Å². The molecule has 0 aliphatic carbocycles. The summed E-state index contributed by atoms with van der Waals surface area (Å²) in [5, 5.41) is 8.87. The normalized spacial score (nSPS) is 10.1. The summed E-state index contributed by atoms with van der Waals surface area (Å²) in [6, 6.07) is 11.3. The molecule has 2 aromatic rings. The molecule has 3 nitrogen and oxygen atoms in total. The average Bonchev–Trinajstić information content (AvgIpc) is 2.33. The number of aromatic nitrogens is 1. The van der Waals surface area contributed by atoms with Gasteiger partial charge in [-0.3, -0.25) is 0 Å². The molecule has 16 heavy (non-hydrogen) atoms. The molecule has 0 saturated heterocycles. The van der Waals surface area contributed by atoms with Gasteiger partial charge in [0.05, 0.1) is 6.61 Å². The van der Waals surface area contributed by atoms with Crippen molar-refractivity contribution in [1.29, 1.82) is 0 Å². The maximum Gasteiger partial charge on any atom is 0.219 e. The Morgan fingerprint density at radius 3 is 2.44 bits per heavy atom. The Labute approximate surface area is 94.3 Å². The lowest BCUT2D eigenvalue weighted by Crippen LogP contribution is -1.90. The molecule has 0 bridgehead atoms. The van der Waals surface area contributed by atoms with E-state index in [9.17, 15) is 0 Å². The third-order valence-electron chi connectivity index (χ3n) is 2.22. The highest BCUT2D eigenvalue weighted by atomic mass is 16.5. The number of ether oxygens (including phenoxy) is 1. The Hall–Kier alpha value is -1.87. The fourth-order valence-corrected chi connectivity index (χ4v) is 1.29. The van der Waals surface area contributed by atoms with Crippen LogP contribution in [0.5, 0.6) is 11.6 Å². The summed E-state index contributed by atoms with van der Waals surface area (Å²) in [7, 11) is 0. The van der Waals surface area contributed by atoms with Crippen LogP contribution in [-0.4, -0.2) is 10.1 Å². The van der Waals surface area contributed by atoms with Crippen molar-refractivity contribution in [2.24, 2.45) is 0 Å². The minimum atomic E-state index is -0.00217. The van der Waals surface area contributed by atoms with Gasteiger partial charge in [0.25, 0.3) is 0 Å².